The van der Waals surface area contributed by atoms with E-state index in [1.54, 1.807) is 11.8 Å². The van der Waals surface area contributed by atoms with Crippen LogP contribution in [-0.2, 0) is 10.5 Å². The molecule has 1 heterocycles. The van der Waals surface area contributed by atoms with Crippen LogP contribution in [0, 0.1) is 0 Å². The van der Waals surface area contributed by atoms with Gasteiger partial charge in [-0.05, 0) is 32.4 Å². The van der Waals surface area contributed by atoms with Crippen LogP contribution in [0.2, 0.25) is 0 Å². The molecular formula is C21H25NO2S. The number of hydrogen-bond acceptors (Lipinski definition) is 3. The summed E-state index contributed by atoms with van der Waals surface area (Å²) in [7, 11) is 0. The molecule has 0 radical (unpaired) electrons. The van der Waals surface area contributed by atoms with E-state index in [9.17, 15) is 4.79 Å². The van der Waals surface area contributed by atoms with E-state index in [1.165, 1.54) is 5.56 Å². The van der Waals surface area contributed by atoms with Gasteiger partial charge in [0.05, 0.1) is 11.3 Å². The number of carbonyl (C=O) groups excluding carboxylic acids is 1. The van der Waals surface area contributed by atoms with Crippen LogP contribution in [0.25, 0.3) is 0 Å². The number of thioether (sulfide) groups is 1. The summed E-state index contributed by atoms with van der Waals surface area (Å²) in [6.07, 6.45) is 0.770. The van der Waals surface area contributed by atoms with Crippen molar-refractivity contribution < 1.29 is 9.53 Å². The summed E-state index contributed by atoms with van der Waals surface area (Å²) < 4.78 is 6.04. The molecule has 2 atom stereocenters. The standard InChI is InChI=1S/C21H25NO2S/c1-15(25-14-16-9-5-4-6-10-16)20(23)22-18-13-21(2,3)24-19-12-8-7-11-17(18)19/h4-12,15,18H,13-14H2,1-3H3,(H,22,23). The average Bonchev–Trinajstić information content (AvgIpc) is 2.59. The van der Waals surface area contributed by atoms with Gasteiger partial charge in [-0.25, -0.2) is 0 Å². The maximum absolute atomic E-state index is 12.7. The first-order chi connectivity index (χ1) is 11.9. The van der Waals surface area contributed by atoms with E-state index in [0.717, 1.165) is 23.5 Å². The highest BCUT2D eigenvalue weighted by atomic mass is 32.2. The molecule has 25 heavy (non-hydrogen) atoms. The van der Waals surface area contributed by atoms with E-state index in [0.29, 0.717) is 0 Å². The van der Waals surface area contributed by atoms with Crippen LogP contribution in [0.15, 0.2) is 54.6 Å². The molecule has 0 saturated carbocycles. The Morgan fingerprint density at radius 3 is 2.64 bits per heavy atom. The minimum atomic E-state index is -0.285. The van der Waals surface area contributed by atoms with Gasteiger partial charge in [0.2, 0.25) is 5.91 Å². The van der Waals surface area contributed by atoms with Gasteiger partial charge in [0.1, 0.15) is 11.4 Å². The molecule has 3 nitrogen and oxygen atoms in total. The lowest BCUT2D eigenvalue weighted by Crippen LogP contribution is -2.43. The summed E-state index contributed by atoms with van der Waals surface area (Å²) in [6.45, 7) is 6.10. The van der Waals surface area contributed by atoms with Crippen LogP contribution < -0.4 is 10.1 Å². The zero-order valence-electron chi connectivity index (χ0n) is 15.0. The second-order valence-electron chi connectivity index (χ2n) is 7.10. The molecule has 0 aliphatic carbocycles. The Hall–Kier alpha value is -1.94. The monoisotopic (exact) mass is 355 g/mol. The molecule has 0 bridgehead atoms. The van der Waals surface area contributed by atoms with Gasteiger partial charge in [-0.2, -0.15) is 0 Å². The molecule has 3 rings (SSSR count). The SMILES string of the molecule is CC(SCc1ccccc1)C(=O)NC1CC(C)(C)Oc2ccccc21. The molecule has 0 fully saturated rings. The van der Waals surface area contributed by atoms with Gasteiger partial charge in [-0.1, -0.05) is 48.5 Å². The highest BCUT2D eigenvalue weighted by molar-refractivity contribution is 7.99. The largest absolute Gasteiger partial charge is 0.487 e. The Bertz CT molecular complexity index is 730. The summed E-state index contributed by atoms with van der Waals surface area (Å²) in [5, 5.41) is 3.13. The average molecular weight is 356 g/mol. The van der Waals surface area contributed by atoms with Crippen molar-refractivity contribution >= 4 is 17.7 Å². The zero-order chi connectivity index (χ0) is 17.9. The van der Waals surface area contributed by atoms with Crippen molar-refractivity contribution in [2.24, 2.45) is 0 Å². The van der Waals surface area contributed by atoms with Crippen LogP contribution in [0.1, 0.15) is 44.4 Å². The summed E-state index contributed by atoms with van der Waals surface area (Å²) in [5.74, 6) is 1.79. The fraction of sp³-hybridized carbons (Fsp3) is 0.381. The number of carbonyl (C=O) groups is 1. The number of nitrogens with one attached hydrogen (secondary N) is 1. The molecule has 2 unspecified atom stereocenters. The van der Waals surface area contributed by atoms with Crippen LogP contribution in [-0.4, -0.2) is 16.8 Å². The lowest BCUT2D eigenvalue weighted by Gasteiger charge is -2.38. The smallest absolute Gasteiger partial charge is 0.233 e. The fourth-order valence-corrected chi connectivity index (χ4v) is 3.95. The number of para-hydroxylation sites is 1. The summed E-state index contributed by atoms with van der Waals surface area (Å²) in [4.78, 5) is 12.7. The predicted octanol–water partition coefficient (Wildman–Crippen LogP) is 4.73. The van der Waals surface area contributed by atoms with Gasteiger partial charge in [-0.3, -0.25) is 4.79 Å². The Morgan fingerprint density at radius 1 is 1.20 bits per heavy atom. The van der Waals surface area contributed by atoms with Crippen molar-refractivity contribution in [3.63, 3.8) is 0 Å². The van der Waals surface area contributed by atoms with E-state index in [2.05, 4.69) is 31.3 Å². The number of ether oxygens (including phenoxy) is 1. The fourth-order valence-electron chi connectivity index (χ4n) is 3.09. The topological polar surface area (TPSA) is 38.3 Å². The van der Waals surface area contributed by atoms with E-state index in [4.69, 9.17) is 4.74 Å². The minimum absolute atomic E-state index is 0.00720. The maximum atomic E-state index is 12.7. The van der Waals surface area contributed by atoms with E-state index in [1.807, 2.05) is 49.4 Å². The Balaban J connectivity index is 1.64. The highest BCUT2D eigenvalue weighted by Crippen LogP contribution is 2.39. The van der Waals surface area contributed by atoms with Gasteiger partial charge in [0, 0.05) is 17.7 Å². The second-order valence-corrected chi connectivity index (χ2v) is 8.43. The van der Waals surface area contributed by atoms with Gasteiger partial charge < -0.3 is 10.1 Å². The first-order valence-electron chi connectivity index (χ1n) is 8.68. The summed E-state index contributed by atoms with van der Waals surface area (Å²) in [6, 6.07) is 18.2. The van der Waals surface area contributed by atoms with Crippen molar-refractivity contribution in [1.29, 1.82) is 0 Å². The quantitative estimate of drug-likeness (QED) is 0.843. The van der Waals surface area contributed by atoms with Gasteiger partial charge in [0.15, 0.2) is 0 Å². The van der Waals surface area contributed by atoms with Crippen molar-refractivity contribution in [3.8, 4) is 5.75 Å². The Morgan fingerprint density at radius 2 is 1.88 bits per heavy atom. The first kappa shape index (κ1) is 17.9. The zero-order valence-corrected chi connectivity index (χ0v) is 15.8. The number of hydrogen-bond donors (Lipinski definition) is 1. The second kappa shape index (κ2) is 7.52. The van der Waals surface area contributed by atoms with Crippen molar-refractivity contribution in [2.75, 3.05) is 0 Å². The van der Waals surface area contributed by atoms with Crippen molar-refractivity contribution in [2.45, 2.75) is 49.8 Å². The molecule has 1 aliphatic heterocycles. The van der Waals surface area contributed by atoms with E-state index in [-0.39, 0.29) is 22.8 Å². The summed E-state index contributed by atoms with van der Waals surface area (Å²) in [5.41, 5.74) is 2.02. The predicted molar refractivity (Wildman–Crippen MR) is 104 cm³/mol. The molecule has 4 heteroatoms. The lowest BCUT2D eigenvalue weighted by molar-refractivity contribution is -0.121. The number of amides is 1. The number of rotatable bonds is 5. The first-order valence-corrected chi connectivity index (χ1v) is 9.73. The number of benzene rings is 2. The van der Waals surface area contributed by atoms with Crippen molar-refractivity contribution in [3.05, 3.63) is 65.7 Å². The molecular weight excluding hydrogens is 330 g/mol. The van der Waals surface area contributed by atoms with Gasteiger partial charge >= 0.3 is 0 Å². The molecule has 132 valence electrons. The maximum Gasteiger partial charge on any atom is 0.233 e. The summed E-state index contributed by atoms with van der Waals surface area (Å²) >= 11 is 1.66. The molecule has 0 spiro atoms. The van der Waals surface area contributed by atoms with Crippen LogP contribution in [0.4, 0.5) is 0 Å². The van der Waals surface area contributed by atoms with Crippen LogP contribution in [0.3, 0.4) is 0 Å². The van der Waals surface area contributed by atoms with E-state index >= 15 is 0 Å². The molecule has 1 amide bonds. The molecule has 2 aromatic rings. The third kappa shape index (κ3) is 4.57. The van der Waals surface area contributed by atoms with Gasteiger partial charge in [-0.15, -0.1) is 11.8 Å². The third-order valence-electron chi connectivity index (χ3n) is 4.40. The van der Waals surface area contributed by atoms with Gasteiger partial charge in [0.25, 0.3) is 0 Å². The molecule has 0 saturated heterocycles. The Labute approximate surface area is 154 Å². The third-order valence-corrected chi connectivity index (χ3v) is 5.62. The lowest BCUT2D eigenvalue weighted by atomic mass is 9.89. The molecule has 1 aliphatic rings. The normalized spacial score (nSPS) is 19.4. The molecule has 1 N–H and O–H groups in total. The molecule has 2 aromatic carbocycles. The minimum Gasteiger partial charge on any atom is -0.487 e. The highest BCUT2D eigenvalue weighted by Gasteiger charge is 2.34. The number of fused-ring (bicyclic) bond motifs is 1. The Kier molecular flexibility index (Phi) is 5.38. The van der Waals surface area contributed by atoms with E-state index < -0.39 is 0 Å². The van der Waals surface area contributed by atoms with Crippen LogP contribution >= 0.6 is 11.8 Å². The van der Waals surface area contributed by atoms with Crippen molar-refractivity contribution in [1.82, 2.24) is 5.32 Å². The molecule has 0 aromatic heterocycles. The van der Waals surface area contributed by atoms with Crippen LogP contribution in [0.5, 0.6) is 5.75 Å².